The summed E-state index contributed by atoms with van der Waals surface area (Å²) in [4.78, 5) is 16.2. The van der Waals surface area contributed by atoms with Gasteiger partial charge < -0.3 is 5.11 Å². The van der Waals surface area contributed by atoms with E-state index in [1.807, 2.05) is 0 Å². The number of nitrogens with one attached hydrogen (secondary N) is 1. The molecule has 1 heterocycles. The van der Waals surface area contributed by atoms with Gasteiger partial charge in [0.2, 0.25) is 5.13 Å². The van der Waals surface area contributed by atoms with Crippen molar-refractivity contribution in [1.29, 1.82) is 0 Å². The van der Waals surface area contributed by atoms with E-state index < -0.39 is 6.03 Å². The highest BCUT2D eigenvalue weighted by Crippen LogP contribution is 2.17. The van der Waals surface area contributed by atoms with Gasteiger partial charge in [0.25, 0.3) is 0 Å². The van der Waals surface area contributed by atoms with Gasteiger partial charge in [0, 0.05) is 17.3 Å². The van der Waals surface area contributed by atoms with Crippen molar-refractivity contribution in [3.05, 3.63) is 41.5 Å². The van der Waals surface area contributed by atoms with E-state index >= 15 is 0 Å². The number of halogens is 1. The Morgan fingerprint density at radius 3 is 3.09 bits per heavy atom. The van der Waals surface area contributed by atoms with Gasteiger partial charge in [-0.05, 0) is 17.7 Å². The van der Waals surface area contributed by atoms with Crippen LogP contribution in [-0.2, 0) is 12.3 Å². The Morgan fingerprint density at radius 2 is 2.35 bits per heavy atom. The number of benzene rings is 1. The molecule has 2 aromatic rings. The minimum atomic E-state index is -0.469. The van der Waals surface area contributed by atoms with Gasteiger partial charge in [-0.1, -0.05) is 24.9 Å². The number of anilines is 1. The maximum atomic E-state index is 13.1. The molecule has 10 heteroatoms. The Kier molecular flexibility index (Phi) is 7.09. The Labute approximate surface area is 146 Å². The Hall–Kier alpha value is -1.36. The summed E-state index contributed by atoms with van der Waals surface area (Å²) in [5.41, 5.74) is 0.633. The molecule has 6 nitrogen and oxygen atoms in total. The van der Waals surface area contributed by atoms with E-state index in [4.69, 9.17) is 5.11 Å². The average molecular weight is 374 g/mol. The number of thioether (sulfide) groups is 1. The number of carbonyl (C=O) groups excluding carboxylic acids is 1. The molecule has 0 saturated heterocycles. The van der Waals surface area contributed by atoms with Gasteiger partial charge in [-0.15, -0.1) is 0 Å². The number of amides is 2. The fraction of sp³-hybridized carbons (Fsp3) is 0.308. The summed E-state index contributed by atoms with van der Waals surface area (Å²) in [5, 5.41) is 11.7. The molecule has 0 radical (unpaired) electrons. The molecule has 0 spiro atoms. The molecule has 0 bridgehead atoms. The predicted octanol–water partition coefficient (Wildman–Crippen LogP) is 2.78. The zero-order valence-corrected chi connectivity index (χ0v) is 14.5. The highest BCUT2D eigenvalue weighted by Gasteiger charge is 2.13. The van der Waals surface area contributed by atoms with Crippen molar-refractivity contribution in [2.75, 3.05) is 17.7 Å². The molecule has 0 fully saturated rings. The molecule has 0 saturated carbocycles. The van der Waals surface area contributed by atoms with Gasteiger partial charge in [-0.3, -0.25) is 9.62 Å². The zero-order valence-electron chi connectivity index (χ0n) is 12.0. The van der Waals surface area contributed by atoms with Gasteiger partial charge in [-0.25, -0.2) is 14.2 Å². The molecule has 2 N–H and O–H groups in total. The third kappa shape index (κ3) is 5.98. The van der Waals surface area contributed by atoms with Crippen molar-refractivity contribution in [3.63, 3.8) is 0 Å². The second-order valence-corrected chi connectivity index (χ2v) is 6.75. The summed E-state index contributed by atoms with van der Waals surface area (Å²) in [6, 6.07) is 5.50. The monoisotopic (exact) mass is 374 g/mol. The average Bonchev–Trinajstić information content (AvgIpc) is 2.95. The number of hydrogen-bond acceptors (Lipinski definition) is 7. The largest absolute Gasteiger partial charge is 0.396 e. The maximum Gasteiger partial charge on any atom is 0.333 e. The number of aliphatic hydroxyl groups excluding tert-OH is 1. The van der Waals surface area contributed by atoms with E-state index in [0.717, 1.165) is 15.8 Å². The van der Waals surface area contributed by atoms with Gasteiger partial charge in [-0.2, -0.15) is 16.1 Å². The topological polar surface area (TPSA) is 78.3 Å². The Bertz CT molecular complexity index is 656. The highest BCUT2D eigenvalue weighted by atomic mass is 32.2. The molecule has 1 aromatic heterocycles. The molecular weight excluding hydrogens is 359 g/mol. The van der Waals surface area contributed by atoms with Crippen LogP contribution in [0.5, 0.6) is 0 Å². The zero-order chi connectivity index (χ0) is 16.7. The number of hydrogen-bond donors (Lipinski definition) is 3. The van der Waals surface area contributed by atoms with Crippen molar-refractivity contribution in [1.82, 2.24) is 13.7 Å². The maximum absolute atomic E-state index is 13.1. The van der Waals surface area contributed by atoms with Gasteiger partial charge in [0.15, 0.2) is 5.82 Å². The molecule has 0 aliphatic rings. The normalized spacial score (nSPS) is 10.6. The summed E-state index contributed by atoms with van der Waals surface area (Å²) >= 11 is 6.68. The first-order valence-corrected chi connectivity index (χ1v) is 8.94. The number of rotatable bonds is 7. The first-order valence-electron chi connectivity index (χ1n) is 6.61. The van der Waals surface area contributed by atoms with Crippen LogP contribution in [0.3, 0.4) is 0 Å². The van der Waals surface area contributed by atoms with Crippen molar-refractivity contribution in [3.8, 4) is 0 Å². The van der Waals surface area contributed by atoms with Crippen molar-refractivity contribution < 1.29 is 14.3 Å². The lowest BCUT2D eigenvalue weighted by molar-refractivity contribution is 0.238. The summed E-state index contributed by atoms with van der Waals surface area (Å²) in [5.74, 6) is 1.41. The number of aromatic nitrogens is 2. The van der Waals surface area contributed by atoms with Gasteiger partial charge in [0.05, 0.1) is 18.9 Å². The van der Waals surface area contributed by atoms with Crippen molar-refractivity contribution in [2.24, 2.45) is 0 Å². The van der Waals surface area contributed by atoms with Crippen LogP contribution in [0, 0.1) is 5.82 Å². The third-order valence-corrected chi connectivity index (χ3v) is 4.53. The second kappa shape index (κ2) is 9.06. The van der Waals surface area contributed by atoms with Crippen LogP contribution in [0.25, 0.3) is 0 Å². The minimum Gasteiger partial charge on any atom is -0.396 e. The standard InChI is InChI=1S/C13H15FN4O2S3/c14-10-3-1-2-9(6-10)7-18(21)13(20)16-12-15-11(17-23-12)8-22-5-4-19/h1-3,6,19,21H,4-5,7-8H2,(H,15,16,17,20). The number of aliphatic hydroxyl groups is 1. The quantitative estimate of drug-likeness (QED) is 0.513. The van der Waals surface area contributed by atoms with E-state index in [2.05, 4.69) is 27.5 Å². The lowest BCUT2D eigenvalue weighted by Crippen LogP contribution is -2.26. The summed E-state index contributed by atoms with van der Waals surface area (Å²) in [6.07, 6.45) is 0. The molecule has 2 rings (SSSR count). The molecule has 0 aliphatic heterocycles. The van der Waals surface area contributed by atoms with E-state index in [1.165, 1.54) is 23.9 Å². The smallest absolute Gasteiger partial charge is 0.333 e. The van der Waals surface area contributed by atoms with Crippen LogP contribution >= 0.6 is 36.1 Å². The van der Waals surface area contributed by atoms with Crippen molar-refractivity contribution >= 4 is 47.3 Å². The van der Waals surface area contributed by atoms with Gasteiger partial charge >= 0.3 is 6.03 Å². The lowest BCUT2D eigenvalue weighted by Gasteiger charge is -2.15. The van der Waals surface area contributed by atoms with Crippen LogP contribution in [0.4, 0.5) is 14.3 Å². The van der Waals surface area contributed by atoms with Gasteiger partial charge in [0.1, 0.15) is 5.82 Å². The summed E-state index contributed by atoms with van der Waals surface area (Å²) in [7, 11) is 0. The molecular formula is C13H15FN4O2S3. The van der Waals surface area contributed by atoms with Crippen LogP contribution in [0.2, 0.25) is 0 Å². The van der Waals surface area contributed by atoms with E-state index in [0.29, 0.717) is 28.0 Å². The predicted molar refractivity (Wildman–Crippen MR) is 93.1 cm³/mol. The number of thiol groups is 1. The van der Waals surface area contributed by atoms with Crippen LogP contribution in [0.1, 0.15) is 11.4 Å². The SMILES string of the molecule is O=C(Nc1nc(CSCCO)ns1)N(S)Cc1cccc(F)c1. The molecule has 1 aromatic carbocycles. The van der Waals surface area contributed by atoms with E-state index in [-0.39, 0.29) is 19.0 Å². The molecule has 0 unspecified atom stereocenters. The molecule has 2 amide bonds. The van der Waals surface area contributed by atoms with Crippen molar-refractivity contribution in [2.45, 2.75) is 12.3 Å². The van der Waals surface area contributed by atoms with E-state index in [1.54, 1.807) is 12.1 Å². The third-order valence-electron chi connectivity index (χ3n) is 2.60. The fourth-order valence-corrected chi connectivity index (χ4v) is 3.08. The molecule has 124 valence electrons. The first-order chi connectivity index (χ1) is 11.1. The summed E-state index contributed by atoms with van der Waals surface area (Å²) < 4.78 is 18.4. The number of carbonyl (C=O) groups is 1. The summed E-state index contributed by atoms with van der Waals surface area (Å²) in [6.45, 7) is 0.262. The first kappa shape index (κ1) is 18.0. The highest BCUT2D eigenvalue weighted by molar-refractivity contribution is 7.98. The lowest BCUT2D eigenvalue weighted by atomic mass is 10.2. The Balaban J connectivity index is 1.86. The minimum absolute atomic E-state index is 0.104. The second-order valence-electron chi connectivity index (χ2n) is 4.41. The molecule has 0 atom stereocenters. The number of nitrogens with zero attached hydrogens (tertiary/aromatic N) is 3. The Morgan fingerprint density at radius 1 is 1.52 bits per heavy atom. The van der Waals surface area contributed by atoms with Crippen LogP contribution in [0.15, 0.2) is 24.3 Å². The van der Waals surface area contributed by atoms with Crippen LogP contribution < -0.4 is 5.32 Å². The molecule has 23 heavy (non-hydrogen) atoms. The van der Waals surface area contributed by atoms with Crippen LogP contribution in [-0.4, -0.2) is 37.2 Å². The molecule has 0 aliphatic carbocycles. The number of urea groups is 1. The fourth-order valence-electron chi connectivity index (χ4n) is 1.63. The van der Waals surface area contributed by atoms with E-state index in [9.17, 15) is 9.18 Å².